The van der Waals surface area contributed by atoms with Gasteiger partial charge in [-0.15, -0.1) is 7.92 Å². The molecular formula is C6H14P. The van der Waals surface area contributed by atoms with Crippen LogP contribution in [0.3, 0.4) is 0 Å². The van der Waals surface area contributed by atoms with Crippen LogP contribution in [0.2, 0.25) is 0 Å². The molecule has 0 aromatic heterocycles. The summed E-state index contributed by atoms with van der Waals surface area (Å²) in [6.45, 7) is 8.36. The first kappa shape index (κ1) is 7.43. The number of hydrogen-bond acceptors (Lipinski definition) is 0. The molecule has 0 saturated heterocycles. The summed E-state index contributed by atoms with van der Waals surface area (Å²) in [5, 5.41) is 0. The van der Waals surface area contributed by atoms with Gasteiger partial charge in [-0.05, 0) is 25.4 Å². The van der Waals surface area contributed by atoms with Gasteiger partial charge in [0.15, 0.2) is 0 Å². The van der Waals surface area contributed by atoms with Gasteiger partial charge in [-0.2, -0.15) is 0 Å². The van der Waals surface area contributed by atoms with E-state index in [0.29, 0.717) is 7.92 Å². The molecular weight excluding hydrogens is 103 g/mol. The average Bonchev–Trinajstić information content (AvgIpc) is 1.72. The predicted octanol–water partition coefficient (Wildman–Crippen LogP) is 2.34. The topological polar surface area (TPSA) is 0 Å². The minimum Gasteiger partial charge on any atom is -0.107 e. The van der Waals surface area contributed by atoms with E-state index in [2.05, 4.69) is 20.8 Å². The lowest BCUT2D eigenvalue weighted by atomic mass is 10.9. The molecule has 0 aromatic rings. The molecule has 0 spiro atoms. The van der Waals surface area contributed by atoms with E-state index >= 15 is 0 Å². The Kier molecular flexibility index (Phi) is 4.87. The monoisotopic (exact) mass is 117 g/mol. The van der Waals surface area contributed by atoms with E-state index in [-0.39, 0.29) is 0 Å². The van der Waals surface area contributed by atoms with Gasteiger partial charge in [0.25, 0.3) is 0 Å². The summed E-state index contributed by atoms with van der Waals surface area (Å²) >= 11 is 0. The number of hydrogen-bond donors (Lipinski definition) is 0. The van der Waals surface area contributed by atoms with Crippen molar-refractivity contribution in [1.82, 2.24) is 0 Å². The zero-order valence-corrected chi connectivity index (χ0v) is 6.17. The third-order valence-corrected chi connectivity index (χ3v) is 3.63. The lowest BCUT2D eigenvalue weighted by Gasteiger charge is -2.06. The van der Waals surface area contributed by atoms with Gasteiger partial charge in [0.2, 0.25) is 0 Å². The van der Waals surface area contributed by atoms with Crippen LogP contribution in [-0.4, -0.2) is 18.5 Å². The largest absolute Gasteiger partial charge is 0.107 e. The quantitative estimate of drug-likeness (QED) is 0.498. The first-order valence-corrected chi connectivity index (χ1v) is 4.76. The van der Waals surface area contributed by atoms with E-state index in [9.17, 15) is 0 Å². The highest BCUT2D eigenvalue weighted by Gasteiger charge is 1.94. The summed E-state index contributed by atoms with van der Waals surface area (Å²) in [5.74, 6) is 0. The lowest BCUT2D eigenvalue weighted by Crippen LogP contribution is -1.83. The molecule has 0 aromatic carbocycles. The Labute approximate surface area is 48.1 Å². The van der Waals surface area contributed by atoms with Crippen molar-refractivity contribution >= 4 is 7.92 Å². The van der Waals surface area contributed by atoms with E-state index in [1.807, 2.05) is 0 Å². The van der Waals surface area contributed by atoms with Gasteiger partial charge in [-0.3, -0.25) is 0 Å². The summed E-state index contributed by atoms with van der Waals surface area (Å²) < 4.78 is 0. The van der Waals surface area contributed by atoms with Gasteiger partial charge in [0.1, 0.15) is 0 Å². The first-order valence-electron chi connectivity index (χ1n) is 2.86. The molecule has 0 nitrogen and oxygen atoms in total. The van der Waals surface area contributed by atoms with Crippen LogP contribution in [0.25, 0.3) is 0 Å². The van der Waals surface area contributed by atoms with Crippen molar-refractivity contribution in [2.24, 2.45) is 0 Å². The normalized spacial score (nSPS) is 10.3. The van der Waals surface area contributed by atoms with E-state index in [1.54, 1.807) is 0 Å². The summed E-state index contributed by atoms with van der Waals surface area (Å²) in [4.78, 5) is 0. The highest BCUT2D eigenvalue weighted by atomic mass is 31.1. The highest BCUT2D eigenvalue weighted by molar-refractivity contribution is 7.57. The fourth-order valence-corrected chi connectivity index (χ4v) is 1.62. The smallest absolute Gasteiger partial charge is 0.0326 e. The highest BCUT2D eigenvalue weighted by Crippen LogP contribution is 2.32. The fraction of sp³-hybridized carbons (Fsp3) is 0.833. The Balaban J connectivity index is 2.99. The molecule has 1 radical (unpaired) electrons. The molecule has 0 unspecified atom stereocenters. The van der Waals surface area contributed by atoms with Crippen LogP contribution in [0.5, 0.6) is 0 Å². The minimum absolute atomic E-state index is 0.335. The fourth-order valence-electron chi connectivity index (χ4n) is 0.540. The van der Waals surface area contributed by atoms with Crippen LogP contribution in [0.1, 0.15) is 13.8 Å². The van der Waals surface area contributed by atoms with Gasteiger partial charge in [-0.25, -0.2) is 0 Å². The predicted molar refractivity (Wildman–Crippen MR) is 38.2 cm³/mol. The van der Waals surface area contributed by atoms with Crippen LogP contribution < -0.4 is 0 Å². The molecule has 0 aliphatic rings. The zero-order chi connectivity index (χ0) is 5.70. The molecule has 43 valence electrons. The summed E-state index contributed by atoms with van der Waals surface area (Å²) in [5.41, 5.74) is 0. The second kappa shape index (κ2) is 4.59. The maximum absolute atomic E-state index is 3.86. The van der Waals surface area contributed by atoms with Crippen molar-refractivity contribution in [3.63, 3.8) is 0 Å². The van der Waals surface area contributed by atoms with E-state index < -0.39 is 0 Å². The molecule has 0 heterocycles. The Morgan fingerprint density at radius 1 is 1.29 bits per heavy atom. The van der Waals surface area contributed by atoms with Crippen LogP contribution >= 0.6 is 7.92 Å². The second-order valence-electron chi connectivity index (χ2n) is 1.53. The van der Waals surface area contributed by atoms with Crippen molar-refractivity contribution in [1.29, 1.82) is 0 Å². The second-order valence-corrected chi connectivity index (χ2v) is 4.58. The molecule has 0 aliphatic carbocycles. The summed E-state index contributed by atoms with van der Waals surface area (Å²) in [6.07, 6.45) is 3.88. The standard InChI is InChI=1S/C6H14P/c1-4-7(5-2)6-3/h1,4-6H2,2-3H3. The van der Waals surface area contributed by atoms with Gasteiger partial charge in [-0.1, -0.05) is 13.8 Å². The van der Waals surface area contributed by atoms with Crippen LogP contribution in [0, 0.1) is 6.92 Å². The molecule has 1 heteroatoms. The molecule has 0 atom stereocenters. The Bertz CT molecular complexity index is 25.7. The van der Waals surface area contributed by atoms with Crippen molar-refractivity contribution in [2.75, 3.05) is 18.5 Å². The lowest BCUT2D eigenvalue weighted by molar-refractivity contribution is 1.39. The van der Waals surface area contributed by atoms with Crippen molar-refractivity contribution < 1.29 is 0 Å². The molecule has 0 fully saturated rings. The van der Waals surface area contributed by atoms with E-state index in [4.69, 9.17) is 0 Å². The van der Waals surface area contributed by atoms with Crippen molar-refractivity contribution in [3.8, 4) is 0 Å². The summed E-state index contributed by atoms with van der Waals surface area (Å²) in [6, 6.07) is 0. The van der Waals surface area contributed by atoms with Crippen LogP contribution in [-0.2, 0) is 0 Å². The Morgan fingerprint density at radius 3 is 1.71 bits per heavy atom. The van der Waals surface area contributed by atoms with Crippen LogP contribution in [0.4, 0.5) is 0 Å². The Hall–Kier alpha value is 0.430. The van der Waals surface area contributed by atoms with Gasteiger partial charge < -0.3 is 0 Å². The summed E-state index contributed by atoms with van der Waals surface area (Å²) in [7, 11) is 0.335. The van der Waals surface area contributed by atoms with E-state index in [1.165, 1.54) is 18.5 Å². The minimum atomic E-state index is 0.335. The van der Waals surface area contributed by atoms with Crippen LogP contribution in [0.15, 0.2) is 0 Å². The third kappa shape index (κ3) is 3.05. The number of rotatable bonds is 3. The SMILES string of the molecule is [CH2]CP(CC)CC. The molecule has 7 heavy (non-hydrogen) atoms. The average molecular weight is 117 g/mol. The van der Waals surface area contributed by atoms with Gasteiger partial charge >= 0.3 is 0 Å². The molecule has 0 amide bonds. The molecule has 0 bridgehead atoms. The maximum Gasteiger partial charge on any atom is -0.0326 e. The molecule has 0 saturated carbocycles. The van der Waals surface area contributed by atoms with E-state index in [0.717, 1.165) is 0 Å². The zero-order valence-electron chi connectivity index (χ0n) is 5.28. The molecule has 0 rings (SSSR count). The molecule has 0 aliphatic heterocycles. The maximum atomic E-state index is 3.86. The van der Waals surface area contributed by atoms with Crippen molar-refractivity contribution in [2.45, 2.75) is 13.8 Å². The molecule has 0 N–H and O–H groups in total. The first-order chi connectivity index (χ1) is 3.35. The van der Waals surface area contributed by atoms with Gasteiger partial charge in [0, 0.05) is 0 Å². The van der Waals surface area contributed by atoms with Crippen molar-refractivity contribution in [3.05, 3.63) is 6.92 Å². The van der Waals surface area contributed by atoms with Gasteiger partial charge in [0.05, 0.1) is 0 Å². The third-order valence-electron chi connectivity index (χ3n) is 1.21. The Morgan fingerprint density at radius 2 is 1.71 bits per heavy atom.